The molecule has 4 nitrogen and oxygen atoms in total. The minimum absolute atomic E-state index is 0.185. The van der Waals surface area contributed by atoms with Crippen molar-refractivity contribution in [3.05, 3.63) is 59.9 Å². The number of benzene rings is 2. The third-order valence-electron chi connectivity index (χ3n) is 4.05. The molecule has 0 saturated heterocycles. The van der Waals surface area contributed by atoms with Crippen LogP contribution in [0.1, 0.15) is 11.4 Å². The van der Waals surface area contributed by atoms with Gasteiger partial charge in [-0.05, 0) is 30.2 Å². The molecule has 0 saturated carbocycles. The molecule has 1 unspecified atom stereocenters. The van der Waals surface area contributed by atoms with Gasteiger partial charge in [0.2, 0.25) is 0 Å². The maximum Gasteiger partial charge on any atom is 0.126 e. The zero-order valence-corrected chi connectivity index (χ0v) is 11.8. The van der Waals surface area contributed by atoms with Crippen LogP contribution in [0, 0.1) is 0 Å². The Morgan fingerprint density at radius 3 is 2.86 bits per heavy atom. The Balaban J connectivity index is 1.67. The summed E-state index contributed by atoms with van der Waals surface area (Å²) in [5, 5.41) is 0. The average Bonchev–Trinajstić information content (AvgIpc) is 2.89. The second-order valence-electron chi connectivity index (χ2n) is 5.67. The van der Waals surface area contributed by atoms with Gasteiger partial charge in [0, 0.05) is 18.3 Å². The summed E-state index contributed by atoms with van der Waals surface area (Å²) < 4.78 is 0. The van der Waals surface area contributed by atoms with E-state index in [1.54, 1.807) is 0 Å². The van der Waals surface area contributed by atoms with Gasteiger partial charge in [-0.25, -0.2) is 4.98 Å². The lowest BCUT2D eigenvalue weighted by atomic mass is 9.98. The van der Waals surface area contributed by atoms with E-state index in [1.807, 2.05) is 18.2 Å². The predicted octanol–water partition coefficient (Wildman–Crippen LogP) is 2.45. The lowest BCUT2D eigenvalue weighted by molar-refractivity contribution is 0.593. The molecular weight excluding hydrogens is 260 g/mol. The molecule has 2 heterocycles. The lowest BCUT2D eigenvalue weighted by Crippen LogP contribution is -2.43. The summed E-state index contributed by atoms with van der Waals surface area (Å²) in [5.74, 6) is 0.986. The normalized spacial score (nSPS) is 18.0. The molecule has 1 aliphatic rings. The van der Waals surface area contributed by atoms with Gasteiger partial charge < -0.3 is 15.6 Å². The van der Waals surface area contributed by atoms with Gasteiger partial charge in [0.1, 0.15) is 5.82 Å². The topological polar surface area (TPSA) is 57.9 Å². The highest BCUT2D eigenvalue weighted by Crippen LogP contribution is 2.27. The van der Waals surface area contributed by atoms with E-state index >= 15 is 0 Å². The van der Waals surface area contributed by atoms with Crippen LogP contribution in [0.4, 0.5) is 5.69 Å². The summed E-state index contributed by atoms with van der Waals surface area (Å²) in [7, 11) is 0. The monoisotopic (exact) mass is 278 g/mol. The van der Waals surface area contributed by atoms with Gasteiger partial charge in [-0.3, -0.25) is 0 Å². The number of fused-ring (bicyclic) bond motifs is 2. The number of hydrogen-bond donors (Lipinski definition) is 2. The highest BCUT2D eigenvalue weighted by Gasteiger charge is 2.22. The summed E-state index contributed by atoms with van der Waals surface area (Å²) in [4.78, 5) is 10.4. The minimum Gasteiger partial charge on any atom is -0.362 e. The van der Waals surface area contributed by atoms with Crippen molar-refractivity contribution in [2.75, 3.05) is 11.4 Å². The van der Waals surface area contributed by atoms with Crippen LogP contribution < -0.4 is 10.6 Å². The quantitative estimate of drug-likeness (QED) is 0.757. The van der Waals surface area contributed by atoms with Crippen molar-refractivity contribution in [3.63, 3.8) is 0 Å². The third kappa shape index (κ3) is 2.28. The van der Waals surface area contributed by atoms with Crippen molar-refractivity contribution in [1.82, 2.24) is 9.97 Å². The van der Waals surface area contributed by atoms with Gasteiger partial charge in [0.05, 0.1) is 17.6 Å². The van der Waals surface area contributed by atoms with Gasteiger partial charge in [-0.2, -0.15) is 0 Å². The molecule has 0 aliphatic carbocycles. The van der Waals surface area contributed by atoms with Crippen LogP contribution >= 0.6 is 0 Å². The summed E-state index contributed by atoms with van der Waals surface area (Å²) >= 11 is 0. The maximum atomic E-state index is 6.20. The first-order valence-electron chi connectivity index (χ1n) is 7.31. The van der Waals surface area contributed by atoms with Crippen molar-refractivity contribution >= 4 is 16.7 Å². The number of nitrogens with zero attached hydrogens (tertiary/aromatic N) is 2. The van der Waals surface area contributed by atoms with Crippen molar-refractivity contribution in [3.8, 4) is 0 Å². The van der Waals surface area contributed by atoms with E-state index in [1.165, 1.54) is 11.3 Å². The van der Waals surface area contributed by atoms with Crippen LogP contribution in [-0.2, 0) is 13.0 Å². The van der Waals surface area contributed by atoms with Crippen LogP contribution in [0.3, 0.4) is 0 Å². The van der Waals surface area contributed by atoms with Crippen molar-refractivity contribution in [2.45, 2.75) is 19.0 Å². The van der Waals surface area contributed by atoms with Crippen LogP contribution in [0.5, 0.6) is 0 Å². The smallest absolute Gasteiger partial charge is 0.126 e. The van der Waals surface area contributed by atoms with Gasteiger partial charge in [0.25, 0.3) is 0 Å². The Labute approximate surface area is 123 Å². The van der Waals surface area contributed by atoms with Gasteiger partial charge in [0.15, 0.2) is 0 Å². The molecule has 0 spiro atoms. The van der Waals surface area contributed by atoms with Gasteiger partial charge >= 0.3 is 0 Å². The van der Waals surface area contributed by atoms with E-state index in [-0.39, 0.29) is 6.04 Å². The number of nitrogens with two attached hydrogens (primary N) is 1. The van der Waals surface area contributed by atoms with Crippen LogP contribution in [0.25, 0.3) is 11.0 Å². The molecule has 2 aromatic carbocycles. The van der Waals surface area contributed by atoms with Crippen LogP contribution in [0.2, 0.25) is 0 Å². The van der Waals surface area contributed by atoms with E-state index in [2.05, 4.69) is 45.2 Å². The van der Waals surface area contributed by atoms with Crippen molar-refractivity contribution in [1.29, 1.82) is 0 Å². The maximum absolute atomic E-state index is 6.20. The summed E-state index contributed by atoms with van der Waals surface area (Å²) in [5.41, 5.74) is 10.9. The number of anilines is 1. The second-order valence-corrected chi connectivity index (χ2v) is 5.67. The Kier molecular flexibility index (Phi) is 2.89. The molecule has 4 heteroatoms. The Bertz CT molecular complexity index is 744. The van der Waals surface area contributed by atoms with Crippen molar-refractivity contribution in [2.24, 2.45) is 5.73 Å². The molecule has 106 valence electrons. The molecule has 1 atom stereocenters. The van der Waals surface area contributed by atoms with E-state index in [4.69, 9.17) is 5.73 Å². The van der Waals surface area contributed by atoms with E-state index < -0.39 is 0 Å². The minimum atomic E-state index is 0.185. The standard InChI is InChI=1S/C17H18N4/c18-13-9-12-5-1-4-8-16(12)21(10-13)11-17-19-14-6-2-3-7-15(14)20-17/h1-8,13H,9-11,18H2,(H,19,20). The number of H-pyrrole nitrogens is 1. The van der Waals surface area contributed by atoms with E-state index in [0.29, 0.717) is 0 Å². The Morgan fingerprint density at radius 2 is 1.95 bits per heavy atom. The fraction of sp³-hybridized carbons (Fsp3) is 0.235. The molecular formula is C17H18N4. The molecule has 0 radical (unpaired) electrons. The molecule has 21 heavy (non-hydrogen) atoms. The molecule has 1 aliphatic heterocycles. The first-order valence-corrected chi connectivity index (χ1v) is 7.31. The summed E-state index contributed by atoms with van der Waals surface area (Å²) in [6.45, 7) is 1.63. The van der Waals surface area contributed by atoms with E-state index in [0.717, 1.165) is 36.4 Å². The molecule has 0 fully saturated rings. The zero-order chi connectivity index (χ0) is 14.2. The lowest BCUT2D eigenvalue weighted by Gasteiger charge is -2.34. The zero-order valence-electron chi connectivity index (χ0n) is 11.8. The van der Waals surface area contributed by atoms with E-state index in [9.17, 15) is 0 Å². The largest absolute Gasteiger partial charge is 0.362 e. The Hall–Kier alpha value is -2.33. The number of rotatable bonds is 2. The Morgan fingerprint density at radius 1 is 1.14 bits per heavy atom. The fourth-order valence-electron chi connectivity index (χ4n) is 3.13. The molecule has 0 bridgehead atoms. The first-order chi connectivity index (χ1) is 10.3. The average molecular weight is 278 g/mol. The number of aromatic nitrogens is 2. The van der Waals surface area contributed by atoms with Crippen LogP contribution in [-0.4, -0.2) is 22.6 Å². The van der Waals surface area contributed by atoms with Crippen LogP contribution in [0.15, 0.2) is 48.5 Å². The number of para-hydroxylation sites is 3. The first kappa shape index (κ1) is 12.4. The highest BCUT2D eigenvalue weighted by atomic mass is 15.2. The third-order valence-corrected chi connectivity index (χ3v) is 4.05. The number of imidazole rings is 1. The SMILES string of the molecule is NC1Cc2ccccc2N(Cc2nc3ccccc3[nH]2)C1. The van der Waals surface area contributed by atoms with Crippen molar-refractivity contribution < 1.29 is 0 Å². The number of nitrogens with one attached hydrogen (secondary N) is 1. The molecule has 0 amide bonds. The number of aromatic amines is 1. The van der Waals surface area contributed by atoms with Gasteiger partial charge in [-0.15, -0.1) is 0 Å². The molecule has 4 rings (SSSR count). The summed E-state index contributed by atoms with van der Waals surface area (Å²) in [6, 6.07) is 16.8. The second kappa shape index (κ2) is 4.90. The number of hydrogen-bond acceptors (Lipinski definition) is 3. The molecule has 3 aromatic rings. The fourth-order valence-corrected chi connectivity index (χ4v) is 3.13. The molecule has 1 aromatic heterocycles. The summed E-state index contributed by atoms with van der Waals surface area (Å²) in [6.07, 6.45) is 0.951. The molecule has 3 N–H and O–H groups in total. The highest BCUT2D eigenvalue weighted by molar-refractivity contribution is 5.74. The predicted molar refractivity (Wildman–Crippen MR) is 85.3 cm³/mol. The van der Waals surface area contributed by atoms with Gasteiger partial charge in [-0.1, -0.05) is 30.3 Å².